The highest BCUT2D eigenvalue weighted by atomic mass is 19.1. The van der Waals surface area contributed by atoms with Crippen LogP contribution in [0.1, 0.15) is 33.4 Å². The normalized spacial score (nSPS) is 11.8. The molecular formula is C29H25FN4O2. The number of benzene rings is 3. The molecule has 7 heteroatoms. The lowest BCUT2D eigenvalue weighted by Gasteiger charge is -2.22. The van der Waals surface area contributed by atoms with Gasteiger partial charge in [-0.3, -0.25) is 9.78 Å². The van der Waals surface area contributed by atoms with Crippen LogP contribution in [0.15, 0.2) is 91.1 Å². The van der Waals surface area contributed by atoms with Gasteiger partial charge >= 0.3 is 0 Å². The Morgan fingerprint density at radius 2 is 1.83 bits per heavy atom. The van der Waals surface area contributed by atoms with E-state index in [0.29, 0.717) is 5.69 Å². The molecule has 0 fully saturated rings. The van der Waals surface area contributed by atoms with E-state index in [4.69, 9.17) is 4.74 Å². The number of aromatic amines is 1. The number of carbonyl (C=O) groups excluding carboxylic acids is 1. The first kappa shape index (κ1) is 23.1. The third kappa shape index (κ3) is 4.63. The quantitative estimate of drug-likeness (QED) is 0.249. The highest BCUT2D eigenvalue weighted by Gasteiger charge is 2.23. The summed E-state index contributed by atoms with van der Waals surface area (Å²) in [6.45, 7) is 2.01. The molecule has 2 heterocycles. The van der Waals surface area contributed by atoms with Gasteiger partial charge in [-0.25, -0.2) is 4.39 Å². The van der Waals surface area contributed by atoms with Crippen LogP contribution in [0.3, 0.4) is 0 Å². The number of ether oxygens (including phenoxy) is 1. The summed E-state index contributed by atoms with van der Waals surface area (Å²) in [5, 5.41) is 7.42. The maximum Gasteiger partial charge on any atom is 0.255 e. The summed E-state index contributed by atoms with van der Waals surface area (Å²) in [6, 6.07) is 24.5. The summed E-state index contributed by atoms with van der Waals surface area (Å²) in [7, 11) is 1.64. The van der Waals surface area contributed by atoms with Crippen molar-refractivity contribution in [3.8, 4) is 5.75 Å². The van der Waals surface area contributed by atoms with E-state index >= 15 is 0 Å². The zero-order chi connectivity index (χ0) is 25.1. The first-order valence-corrected chi connectivity index (χ1v) is 11.5. The minimum atomic E-state index is -0.456. The largest absolute Gasteiger partial charge is 0.495 e. The van der Waals surface area contributed by atoms with Gasteiger partial charge in [-0.15, -0.1) is 0 Å². The van der Waals surface area contributed by atoms with Crippen molar-refractivity contribution in [1.29, 1.82) is 0 Å². The van der Waals surface area contributed by atoms with Gasteiger partial charge in [0, 0.05) is 39.6 Å². The lowest BCUT2D eigenvalue weighted by Crippen LogP contribution is -2.15. The van der Waals surface area contributed by atoms with Gasteiger partial charge in [0.25, 0.3) is 5.91 Å². The summed E-state index contributed by atoms with van der Waals surface area (Å²) in [5.41, 5.74) is 5.42. The number of para-hydroxylation sites is 2. The predicted molar refractivity (Wildman–Crippen MR) is 140 cm³/mol. The topological polar surface area (TPSA) is 79.0 Å². The summed E-state index contributed by atoms with van der Waals surface area (Å²) < 4.78 is 19.2. The number of nitrogens with zero attached hydrogens (tertiary/aromatic N) is 1. The minimum absolute atomic E-state index is 0.254. The van der Waals surface area contributed by atoms with Gasteiger partial charge in [-0.1, -0.05) is 24.3 Å². The standard InChI is InChI=1S/C29H25FN4O2/c1-18-27(28(25-11-5-6-15-31-25)34-24-10-3-4-12-26(24)36-2)22-17-21(13-14-23(22)32-18)33-29(35)19-8-7-9-20(30)16-19/h3-17,28,32,34H,1-2H3,(H,33,35). The van der Waals surface area contributed by atoms with Crippen molar-refractivity contribution in [3.63, 3.8) is 0 Å². The number of hydrogen-bond donors (Lipinski definition) is 3. The third-order valence-corrected chi connectivity index (χ3v) is 6.06. The molecule has 1 atom stereocenters. The molecule has 0 saturated heterocycles. The lowest BCUT2D eigenvalue weighted by molar-refractivity contribution is 0.102. The van der Waals surface area contributed by atoms with E-state index in [1.807, 2.05) is 67.6 Å². The summed E-state index contributed by atoms with van der Waals surface area (Å²) in [6.07, 6.45) is 1.76. The second kappa shape index (κ2) is 9.92. The number of amides is 1. The molecule has 0 radical (unpaired) electrons. The molecule has 0 saturated carbocycles. The number of nitrogens with one attached hydrogen (secondary N) is 3. The molecule has 180 valence electrons. The molecule has 1 unspecified atom stereocenters. The molecular weight excluding hydrogens is 455 g/mol. The van der Waals surface area contributed by atoms with E-state index in [1.54, 1.807) is 19.4 Å². The smallest absolute Gasteiger partial charge is 0.255 e. The number of carbonyl (C=O) groups is 1. The number of anilines is 2. The first-order chi connectivity index (χ1) is 17.5. The second-order valence-corrected chi connectivity index (χ2v) is 8.42. The maximum atomic E-state index is 13.6. The first-order valence-electron chi connectivity index (χ1n) is 11.5. The van der Waals surface area contributed by atoms with Crippen molar-refractivity contribution in [1.82, 2.24) is 9.97 Å². The van der Waals surface area contributed by atoms with Gasteiger partial charge in [0.2, 0.25) is 0 Å². The fraction of sp³-hybridized carbons (Fsp3) is 0.103. The van der Waals surface area contributed by atoms with Crippen LogP contribution in [0, 0.1) is 12.7 Å². The van der Waals surface area contributed by atoms with Crippen LogP contribution in [-0.4, -0.2) is 23.0 Å². The van der Waals surface area contributed by atoms with Crippen molar-refractivity contribution in [2.45, 2.75) is 13.0 Å². The van der Waals surface area contributed by atoms with Crippen LogP contribution < -0.4 is 15.4 Å². The molecule has 36 heavy (non-hydrogen) atoms. The highest BCUT2D eigenvalue weighted by Crippen LogP contribution is 2.37. The average molecular weight is 481 g/mol. The van der Waals surface area contributed by atoms with Crippen molar-refractivity contribution >= 4 is 28.2 Å². The van der Waals surface area contributed by atoms with Gasteiger partial charge in [-0.2, -0.15) is 0 Å². The minimum Gasteiger partial charge on any atom is -0.495 e. The molecule has 5 rings (SSSR count). The zero-order valence-corrected chi connectivity index (χ0v) is 19.9. The maximum absolute atomic E-state index is 13.6. The van der Waals surface area contributed by atoms with Crippen LogP contribution in [0.25, 0.3) is 10.9 Å². The number of methoxy groups -OCH3 is 1. The number of halogens is 1. The van der Waals surface area contributed by atoms with E-state index < -0.39 is 5.82 Å². The summed E-state index contributed by atoms with van der Waals surface area (Å²) >= 11 is 0. The Labute approximate surface area is 208 Å². The van der Waals surface area contributed by atoms with Crippen LogP contribution in [-0.2, 0) is 0 Å². The van der Waals surface area contributed by atoms with Gasteiger partial charge in [0.05, 0.1) is 24.5 Å². The Morgan fingerprint density at radius 3 is 2.61 bits per heavy atom. The molecule has 0 spiro atoms. The Morgan fingerprint density at radius 1 is 1.00 bits per heavy atom. The van der Waals surface area contributed by atoms with E-state index in [1.165, 1.54) is 18.2 Å². The molecule has 0 aliphatic rings. The van der Waals surface area contributed by atoms with Gasteiger partial charge < -0.3 is 20.4 Å². The Kier molecular flexibility index (Phi) is 6.36. The Hall–Kier alpha value is -4.65. The van der Waals surface area contributed by atoms with Crippen molar-refractivity contribution < 1.29 is 13.9 Å². The van der Waals surface area contributed by atoms with Crippen LogP contribution in [0.5, 0.6) is 5.75 Å². The zero-order valence-electron chi connectivity index (χ0n) is 19.9. The van der Waals surface area contributed by atoms with Crippen LogP contribution >= 0.6 is 0 Å². The number of aromatic nitrogens is 2. The van der Waals surface area contributed by atoms with E-state index in [9.17, 15) is 9.18 Å². The molecule has 1 amide bonds. The van der Waals surface area contributed by atoms with E-state index in [-0.39, 0.29) is 17.5 Å². The average Bonchev–Trinajstić information content (AvgIpc) is 3.22. The number of aryl methyl sites for hydroxylation is 1. The molecule has 0 bridgehead atoms. The number of rotatable bonds is 7. The van der Waals surface area contributed by atoms with E-state index in [2.05, 4.69) is 20.6 Å². The molecule has 3 N–H and O–H groups in total. The van der Waals surface area contributed by atoms with Gasteiger partial charge in [0.1, 0.15) is 11.6 Å². The number of fused-ring (bicyclic) bond motifs is 1. The SMILES string of the molecule is COc1ccccc1NC(c1ccccn1)c1c(C)[nH]c2ccc(NC(=O)c3cccc(F)c3)cc12. The third-order valence-electron chi connectivity index (χ3n) is 6.06. The lowest BCUT2D eigenvalue weighted by atomic mass is 9.98. The number of H-pyrrole nitrogens is 1. The van der Waals surface area contributed by atoms with Gasteiger partial charge in [0.15, 0.2) is 0 Å². The molecule has 0 aliphatic heterocycles. The van der Waals surface area contributed by atoms with Crippen molar-refractivity contribution in [2.75, 3.05) is 17.7 Å². The summed E-state index contributed by atoms with van der Waals surface area (Å²) in [4.78, 5) is 20.8. The Balaban J connectivity index is 1.57. The number of pyridine rings is 1. The Bertz CT molecular complexity index is 1530. The van der Waals surface area contributed by atoms with Crippen LogP contribution in [0.4, 0.5) is 15.8 Å². The summed E-state index contributed by atoms with van der Waals surface area (Å²) in [5.74, 6) is -0.114. The molecule has 6 nitrogen and oxygen atoms in total. The fourth-order valence-electron chi connectivity index (χ4n) is 4.39. The monoisotopic (exact) mass is 480 g/mol. The fourth-order valence-corrected chi connectivity index (χ4v) is 4.39. The molecule has 2 aromatic heterocycles. The van der Waals surface area contributed by atoms with Crippen molar-refractivity contribution in [3.05, 3.63) is 119 Å². The van der Waals surface area contributed by atoms with E-state index in [0.717, 1.165) is 39.3 Å². The van der Waals surface area contributed by atoms with Gasteiger partial charge in [-0.05, 0) is 67.6 Å². The van der Waals surface area contributed by atoms with Crippen LogP contribution in [0.2, 0.25) is 0 Å². The van der Waals surface area contributed by atoms with Crippen molar-refractivity contribution in [2.24, 2.45) is 0 Å². The molecule has 3 aromatic carbocycles. The second-order valence-electron chi connectivity index (χ2n) is 8.42. The highest BCUT2D eigenvalue weighted by molar-refractivity contribution is 6.05. The molecule has 5 aromatic rings. The predicted octanol–water partition coefficient (Wildman–Crippen LogP) is 6.47. The number of hydrogen-bond acceptors (Lipinski definition) is 4. The molecule has 0 aliphatic carbocycles.